The zero-order valence-corrected chi connectivity index (χ0v) is 7.89. The van der Waals surface area contributed by atoms with Crippen molar-refractivity contribution in [2.75, 3.05) is 26.5 Å². The van der Waals surface area contributed by atoms with Gasteiger partial charge in [-0.05, 0) is 6.66 Å². The van der Waals surface area contributed by atoms with Gasteiger partial charge >= 0.3 is 5.97 Å². The SMILES string of the molecule is COCP(C)(=O)COC(C)=O. The molecule has 0 N–H and O–H groups in total. The highest BCUT2D eigenvalue weighted by Crippen LogP contribution is 2.40. The van der Waals surface area contributed by atoms with E-state index in [9.17, 15) is 9.36 Å². The quantitative estimate of drug-likeness (QED) is 0.480. The van der Waals surface area contributed by atoms with E-state index in [1.807, 2.05) is 0 Å². The second kappa shape index (κ2) is 4.52. The summed E-state index contributed by atoms with van der Waals surface area (Å²) in [5.74, 6) is -0.414. The molecule has 5 heteroatoms. The van der Waals surface area contributed by atoms with Crippen LogP contribution < -0.4 is 0 Å². The van der Waals surface area contributed by atoms with Gasteiger partial charge in [0.15, 0.2) is 0 Å². The monoisotopic (exact) mass is 180 g/mol. The fourth-order valence-electron chi connectivity index (χ4n) is 0.538. The van der Waals surface area contributed by atoms with Crippen LogP contribution in [0.3, 0.4) is 0 Å². The zero-order valence-electron chi connectivity index (χ0n) is 6.99. The molecule has 0 spiro atoms. The fourth-order valence-corrected chi connectivity index (χ4v) is 1.61. The van der Waals surface area contributed by atoms with Crippen LogP contribution in [-0.4, -0.2) is 32.4 Å². The summed E-state index contributed by atoms with van der Waals surface area (Å²) in [4.78, 5) is 10.3. The molecule has 4 nitrogen and oxygen atoms in total. The number of carbonyl (C=O) groups excluding carboxylic acids is 1. The van der Waals surface area contributed by atoms with E-state index >= 15 is 0 Å². The molecule has 0 saturated carbocycles. The van der Waals surface area contributed by atoms with Crippen LogP contribution in [0.5, 0.6) is 0 Å². The maximum absolute atomic E-state index is 11.3. The smallest absolute Gasteiger partial charge is 0.303 e. The van der Waals surface area contributed by atoms with Crippen LogP contribution in [0.25, 0.3) is 0 Å². The lowest BCUT2D eigenvalue weighted by Gasteiger charge is -2.10. The van der Waals surface area contributed by atoms with E-state index in [1.165, 1.54) is 14.0 Å². The molecule has 0 heterocycles. The molecule has 1 atom stereocenters. The van der Waals surface area contributed by atoms with Crippen molar-refractivity contribution in [1.82, 2.24) is 0 Å². The summed E-state index contributed by atoms with van der Waals surface area (Å²) in [6.07, 6.45) is 0.121. The first-order valence-electron chi connectivity index (χ1n) is 3.16. The molecule has 11 heavy (non-hydrogen) atoms. The minimum Gasteiger partial charge on any atom is -0.458 e. The van der Waals surface area contributed by atoms with Crippen molar-refractivity contribution in [2.45, 2.75) is 6.92 Å². The molecule has 0 aliphatic rings. The van der Waals surface area contributed by atoms with Gasteiger partial charge in [0.05, 0.1) is 0 Å². The average molecular weight is 180 g/mol. The molecule has 0 bridgehead atoms. The molecular weight excluding hydrogens is 167 g/mol. The first-order chi connectivity index (χ1) is 4.98. The Labute approximate surface area is 66.2 Å². The molecule has 66 valence electrons. The highest BCUT2D eigenvalue weighted by molar-refractivity contribution is 7.62. The second-order valence-corrected chi connectivity index (χ2v) is 5.59. The van der Waals surface area contributed by atoms with Crippen molar-refractivity contribution in [3.63, 3.8) is 0 Å². The van der Waals surface area contributed by atoms with Gasteiger partial charge in [-0.15, -0.1) is 0 Å². The number of esters is 1. The van der Waals surface area contributed by atoms with Gasteiger partial charge in [0.1, 0.15) is 19.8 Å². The first kappa shape index (κ1) is 10.7. The predicted octanol–water partition coefficient (Wildman–Crippen LogP) is 1.10. The summed E-state index contributed by atoms with van der Waals surface area (Å²) in [5.41, 5.74) is 0. The molecule has 1 unspecified atom stereocenters. The average Bonchev–Trinajstić information content (AvgIpc) is 1.84. The molecule has 0 aromatic heterocycles. The summed E-state index contributed by atoms with van der Waals surface area (Å²) >= 11 is 0. The third-order valence-electron chi connectivity index (χ3n) is 0.943. The summed E-state index contributed by atoms with van der Waals surface area (Å²) in [6.45, 7) is 2.83. The van der Waals surface area contributed by atoms with Crippen molar-refractivity contribution in [1.29, 1.82) is 0 Å². The van der Waals surface area contributed by atoms with Gasteiger partial charge in [0.25, 0.3) is 0 Å². The van der Waals surface area contributed by atoms with E-state index in [0.29, 0.717) is 0 Å². The Morgan fingerprint density at radius 1 is 1.45 bits per heavy atom. The standard InChI is InChI=1S/C6H13O4P/c1-6(7)10-5-11(3,8)4-9-2/h4-5H2,1-3H3. The Balaban J connectivity index is 3.73. The number of ether oxygens (including phenoxy) is 2. The van der Waals surface area contributed by atoms with E-state index < -0.39 is 13.1 Å². The van der Waals surface area contributed by atoms with Crippen LogP contribution >= 0.6 is 7.14 Å². The second-order valence-electron chi connectivity index (χ2n) is 2.48. The van der Waals surface area contributed by atoms with Crippen molar-refractivity contribution >= 4 is 13.1 Å². The third-order valence-corrected chi connectivity index (χ3v) is 2.42. The van der Waals surface area contributed by atoms with Gasteiger partial charge in [-0.3, -0.25) is 4.79 Å². The van der Waals surface area contributed by atoms with Gasteiger partial charge in [-0.2, -0.15) is 0 Å². The van der Waals surface area contributed by atoms with E-state index in [4.69, 9.17) is 0 Å². The van der Waals surface area contributed by atoms with E-state index in [0.717, 1.165) is 0 Å². The largest absolute Gasteiger partial charge is 0.458 e. The van der Waals surface area contributed by atoms with Crippen molar-refractivity contribution in [3.05, 3.63) is 0 Å². The summed E-state index contributed by atoms with van der Waals surface area (Å²) in [6, 6.07) is 0. The maximum Gasteiger partial charge on any atom is 0.303 e. The van der Waals surface area contributed by atoms with E-state index in [1.54, 1.807) is 6.66 Å². The van der Waals surface area contributed by atoms with E-state index in [2.05, 4.69) is 9.47 Å². The molecule has 0 aliphatic carbocycles. The molecule has 0 amide bonds. The molecule has 0 radical (unpaired) electrons. The van der Waals surface area contributed by atoms with Crippen LogP contribution in [-0.2, 0) is 18.8 Å². The van der Waals surface area contributed by atoms with Crippen LogP contribution in [0.1, 0.15) is 6.92 Å². The van der Waals surface area contributed by atoms with Gasteiger partial charge in [-0.25, -0.2) is 0 Å². The molecule has 0 fully saturated rings. The lowest BCUT2D eigenvalue weighted by atomic mass is 10.8. The van der Waals surface area contributed by atoms with Crippen LogP contribution in [0.4, 0.5) is 0 Å². The molecule has 0 aliphatic heterocycles. The molecule has 0 aromatic rings. The number of hydrogen-bond donors (Lipinski definition) is 0. The molecular formula is C6H13O4P. The molecule has 0 rings (SSSR count). The number of carbonyl (C=O) groups is 1. The van der Waals surface area contributed by atoms with Crippen LogP contribution in [0.15, 0.2) is 0 Å². The molecule has 0 saturated heterocycles. The lowest BCUT2D eigenvalue weighted by Crippen LogP contribution is -2.03. The van der Waals surface area contributed by atoms with Gasteiger partial charge < -0.3 is 14.0 Å². The number of methoxy groups -OCH3 is 1. The highest BCUT2D eigenvalue weighted by Gasteiger charge is 2.15. The third kappa shape index (κ3) is 6.07. The number of rotatable bonds is 4. The summed E-state index contributed by atoms with van der Waals surface area (Å²) < 4.78 is 20.6. The number of hydrogen-bond acceptors (Lipinski definition) is 4. The normalized spacial score (nSPS) is 15.5. The summed E-state index contributed by atoms with van der Waals surface area (Å²) in [5, 5.41) is 0. The van der Waals surface area contributed by atoms with Gasteiger partial charge in [0, 0.05) is 14.0 Å². The van der Waals surface area contributed by atoms with Gasteiger partial charge in [-0.1, -0.05) is 0 Å². The van der Waals surface area contributed by atoms with Crippen molar-refractivity contribution in [3.8, 4) is 0 Å². The Morgan fingerprint density at radius 2 is 2.00 bits per heavy atom. The first-order valence-corrected chi connectivity index (χ1v) is 5.68. The minimum absolute atomic E-state index is 0.0316. The fraction of sp³-hybridized carbons (Fsp3) is 0.833. The Kier molecular flexibility index (Phi) is 4.38. The topological polar surface area (TPSA) is 52.6 Å². The Hall–Kier alpha value is -0.340. The van der Waals surface area contributed by atoms with Crippen molar-refractivity contribution in [2.24, 2.45) is 0 Å². The minimum atomic E-state index is -2.41. The van der Waals surface area contributed by atoms with Gasteiger partial charge in [0.2, 0.25) is 0 Å². The lowest BCUT2D eigenvalue weighted by molar-refractivity contribution is -0.139. The Bertz CT molecular complexity index is 177. The van der Waals surface area contributed by atoms with Crippen molar-refractivity contribution < 1.29 is 18.8 Å². The van der Waals surface area contributed by atoms with Crippen LogP contribution in [0, 0.1) is 0 Å². The maximum atomic E-state index is 11.3. The predicted molar refractivity (Wildman–Crippen MR) is 42.0 cm³/mol. The highest BCUT2D eigenvalue weighted by atomic mass is 31.2. The van der Waals surface area contributed by atoms with E-state index in [-0.39, 0.29) is 12.7 Å². The summed E-state index contributed by atoms with van der Waals surface area (Å²) in [7, 11) is -0.949. The molecule has 0 aromatic carbocycles. The van der Waals surface area contributed by atoms with Crippen LogP contribution in [0.2, 0.25) is 0 Å². The zero-order chi connectivity index (χ0) is 8.91. The Morgan fingerprint density at radius 3 is 2.36 bits per heavy atom.